The molecule has 0 aliphatic heterocycles. The highest BCUT2D eigenvalue weighted by Gasteiger charge is 2.30. The number of anilines is 1. The van der Waals surface area contributed by atoms with E-state index < -0.39 is 28.5 Å². The van der Waals surface area contributed by atoms with Crippen LogP contribution in [0.15, 0.2) is 48.5 Å². The SMILES string of the molecule is CCCCNC(=O)[C@@H](C)N(Cc1cccc(C)c1)C(=O)CN(c1cccc(OC)c1)S(C)(=O)=O. The van der Waals surface area contributed by atoms with E-state index in [1.807, 2.05) is 38.1 Å². The molecule has 0 saturated carbocycles. The van der Waals surface area contributed by atoms with Gasteiger partial charge in [0.15, 0.2) is 0 Å². The number of methoxy groups -OCH3 is 1. The monoisotopic (exact) mass is 489 g/mol. The number of aryl methyl sites for hydroxylation is 1. The van der Waals surface area contributed by atoms with E-state index in [2.05, 4.69) is 5.32 Å². The molecule has 2 aromatic rings. The second kappa shape index (κ2) is 12.4. The molecule has 1 N–H and O–H groups in total. The van der Waals surface area contributed by atoms with Crippen LogP contribution in [-0.2, 0) is 26.2 Å². The molecule has 0 aliphatic carbocycles. The Balaban J connectivity index is 2.36. The highest BCUT2D eigenvalue weighted by molar-refractivity contribution is 7.92. The lowest BCUT2D eigenvalue weighted by atomic mass is 10.1. The lowest BCUT2D eigenvalue weighted by Gasteiger charge is -2.31. The van der Waals surface area contributed by atoms with Gasteiger partial charge in [-0.3, -0.25) is 13.9 Å². The van der Waals surface area contributed by atoms with Crippen LogP contribution in [0.25, 0.3) is 0 Å². The summed E-state index contributed by atoms with van der Waals surface area (Å²) >= 11 is 0. The summed E-state index contributed by atoms with van der Waals surface area (Å²) in [6.45, 7) is 5.89. The van der Waals surface area contributed by atoms with Crippen LogP contribution in [-0.4, -0.2) is 57.6 Å². The van der Waals surface area contributed by atoms with Gasteiger partial charge in [-0.15, -0.1) is 0 Å². The maximum Gasteiger partial charge on any atom is 0.244 e. The van der Waals surface area contributed by atoms with Crippen molar-refractivity contribution in [3.05, 3.63) is 59.7 Å². The summed E-state index contributed by atoms with van der Waals surface area (Å²) in [5.74, 6) is -0.284. The van der Waals surface area contributed by atoms with Crippen molar-refractivity contribution >= 4 is 27.5 Å². The van der Waals surface area contributed by atoms with E-state index in [1.165, 1.54) is 12.0 Å². The lowest BCUT2D eigenvalue weighted by molar-refractivity contribution is -0.139. The summed E-state index contributed by atoms with van der Waals surface area (Å²) in [5.41, 5.74) is 2.19. The smallest absolute Gasteiger partial charge is 0.244 e. The molecule has 2 aromatic carbocycles. The Labute approximate surface area is 202 Å². The number of carbonyl (C=O) groups excluding carboxylic acids is 2. The average Bonchev–Trinajstić information content (AvgIpc) is 2.79. The molecule has 0 spiro atoms. The Hall–Kier alpha value is -3.07. The number of hydrogen-bond acceptors (Lipinski definition) is 5. The first-order valence-corrected chi connectivity index (χ1v) is 13.2. The number of amides is 2. The fourth-order valence-electron chi connectivity index (χ4n) is 3.51. The quantitative estimate of drug-likeness (QED) is 0.462. The maximum atomic E-state index is 13.5. The van der Waals surface area contributed by atoms with Crippen LogP contribution in [0.5, 0.6) is 5.75 Å². The first-order chi connectivity index (χ1) is 16.1. The Morgan fingerprint density at radius 1 is 1.12 bits per heavy atom. The molecule has 0 radical (unpaired) electrons. The number of ether oxygens (including phenoxy) is 1. The molecule has 0 aromatic heterocycles. The van der Waals surface area contributed by atoms with E-state index in [-0.39, 0.29) is 12.5 Å². The minimum atomic E-state index is -3.78. The second-order valence-electron chi connectivity index (χ2n) is 8.30. The summed E-state index contributed by atoms with van der Waals surface area (Å²) in [6.07, 6.45) is 2.82. The van der Waals surface area contributed by atoms with Crippen molar-refractivity contribution in [2.75, 3.05) is 30.8 Å². The fourth-order valence-corrected chi connectivity index (χ4v) is 4.35. The van der Waals surface area contributed by atoms with Crippen LogP contribution in [0.4, 0.5) is 5.69 Å². The van der Waals surface area contributed by atoms with Crippen LogP contribution in [0.1, 0.15) is 37.8 Å². The molecular formula is C25H35N3O5S. The summed E-state index contributed by atoms with van der Waals surface area (Å²) in [7, 11) is -2.30. The second-order valence-corrected chi connectivity index (χ2v) is 10.2. The third-order valence-corrected chi connectivity index (χ3v) is 6.59. The van der Waals surface area contributed by atoms with E-state index in [0.29, 0.717) is 18.0 Å². The number of hydrogen-bond donors (Lipinski definition) is 1. The molecule has 0 aliphatic rings. The first-order valence-electron chi connectivity index (χ1n) is 11.3. The minimum absolute atomic E-state index is 0.179. The Morgan fingerprint density at radius 2 is 1.82 bits per heavy atom. The summed E-state index contributed by atoms with van der Waals surface area (Å²) in [5, 5.41) is 2.86. The van der Waals surface area contributed by atoms with Crippen molar-refractivity contribution < 1.29 is 22.7 Å². The van der Waals surface area contributed by atoms with Crippen molar-refractivity contribution in [1.29, 1.82) is 0 Å². The van der Waals surface area contributed by atoms with Gasteiger partial charge >= 0.3 is 0 Å². The average molecular weight is 490 g/mol. The van der Waals surface area contributed by atoms with Gasteiger partial charge < -0.3 is 15.0 Å². The predicted molar refractivity (Wildman–Crippen MR) is 134 cm³/mol. The van der Waals surface area contributed by atoms with Crippen LogP contribution in [0.3, 0.4) is 0 Å². The predicted octanol–water partition coefficient (Wildman–Crippen LogP) is 3.10. The highest BCUT2D eigenvalue weighted by Crippen LogP contribution is 2.23. The number of benzene rings is 2. The van der Waals surface area contributed by atoms with Gasteiger partial charge in [-0.2, -0.15) is 0 Å². The Morgan fingerprint density at radius 3 is 2.44 bits per heavy atom. The zero-order valence-electron chi connectivity index (χ0n) is 20.6. The minimum Gasteiger partial charge on any atom is -0.497 e. The van der Waals surface area contributed by atoms with Gasteiger partial charge in [0.05, 0.1) is 19.1 Å². The van der Waals surface area contributed by atoms with Crippen LogP contribution in [0, 0.1) is 6.92 Å². The Bertz CT molecular complexity index is 1090. The van der Waals surface area contributed by atoms with Crippen molar-refractivity contribution in [3.8, 4) is 5.75 Å². The molecule has 2 rings (SSSR count). The molecular weight excluding hydrogens is 454 g/mol. The number of sulfonamides is 1. The van der Waals surface area contributed by atoms with E-state index >= 15 is 0 Å². The van der Waals surface area contributed by atoms with Crippen molar-refractivity contribution in [3.63, 3.8) is 0 Å². The molecule has 0 bridgehead atoms. The molecule has 34 heavy (non-hydrogen) atoms. The third kappa shape index (κ3) is 7.76. The van der Waals surface area contributed by atoms with E-state index in [4.69, 9.17) is 4.74 Å². The van der Waals surface area contributed by atoms with Gasteiger partial charge in [-0.1, -0.05) is 49.2 Å². The summed E-state index contributed by atoms with van der Waals surface area (Å²) < 4.78 is 31.4. The summed E-state index contributed by atoms with van der Waals surface area (Å²) in [4.78, 5) is 27.7. The normalized spacial score (nSPS) is 12.0. The zero-order chi connectivity index (χ0) is 25.3. The van der Waals surface area contributed by atoms with Gasteiger partial charge in [0, 0.05) is 19.2 Å². The lowest BCUT2D eigenvalue weighted by Crippen LogP contribution is -2.51. The Kier molecular flexibility index (Phi) is 9.92. The largest absolute Gasteiger partial charge is 0.497 e. The number of carbonyl (C=O) groups is 2. The molecule has 186 valence electrons. The number of nitrogens with zero attached hydrogens (tertiary/aromatic N) is 2. The zero-order valence-corrected chi connectivity index (χ0v) is 21.4. The van der Waals surface area contributed by atoms with E-state index in [1.54, 1.807) is 31.2 Å². The first kappa shape index (κ1) is 27.2. The van der Waals surface area contributed by atoms with Gasteiger partial charge in [0.25, 0.3) is 0 Å². The molecule has 0 fully saturated rings. The van der Waals surface area contributed by atoms with Gasteiger partial charge in [-0.25, -0.2) is 8.42 Å². The van der Waals surface area contributed by atoms with Crippen molar-refractivity contribution in [1.82, 2.24) is 10.2 Å². The topological polar surface area (TPSA) is 96.0 Å². The number of unbranched alkanes of at least 4 members (excludes halogenated alkanes) is 1. The highest BCUT2D eigenvalue weighted by atomic mass is 32.2. The maximum absolute atomic E-state index is 13.5. The molecule has 1 atom stereocenters. The number of rotatable bonds is 12. The van der Waals surface area contributed by atoms with E-state index in [9.17, 15) is 18.0 Å². The van der Waals surface area contributed by atoms with E-state index in [0.717, 1.165) is 34.5 Å². The summed E-state index contributed by atoms with van der Waals surface area (Å²) in [6, 6.07) is 13.4. The number of nitrogens with one attached hydrogen (secondary N) is 1. The van der Waals surface area contributed by atoms with Crippen LogP contribution >= 0.6 is 0 Å². The standard InChI is InChI=1S/C25H35N3O5S/c1-6-7-14-26-25(30)20(3)27(17-21-11-8-10-19(2)15-21)24(29)18-28(34(5,31)32)22-12-9-13-23(16-22)33-4/h8-13,15-16,20H,6-7,14,17-18H2,1-5H3,(H,26,30)/t20-/m1/s1. The third-order valence-electron chi connectivity index (χ3n) is 5.45. The fraction of sp³-hybridized carbons (Fsp3) is 0.440. The van der Waals surface area contributed by atoms with Gasteiger partial charge in [0.1, 0.15) is 18.3 Å². The molecule has 0 unspecified atom stereocenters. The van der Waals surface area contributed by atoms with Crippen molar-refractivity contribution in [2.24, 2.45) is 0 Å². The molecule has 0 saturated heterocycles. The molecule has 9 heteroatoms. The van der Waals surface area contributed by atoms with Crippen LogP contribution < -0.4 is 14.4 Å². The molecule has 2 amide bonds. The van der Waals surface area contributed by atoms with Crippen molar-refractivity contribution in [2.45, 2.75) is 46.2 Å². The van der Waals surface area contributed by atoms with Gasteiger partial charge in [-0.05, 0) is 38.0 Å². The van der Waals surface area contributed by atoms with Gasteiger partial charge in [0.2, 0.25) is 21.8 Å². The van der Waals surface area contributed by atoms with Crippen LogP contribution in [0.2, 0.25) is 0 Å². The molecule has 0 heterocycles. The molecule has 8 nitrogen and oxygen atoms in total.